The van der Waals surface area contributed by atoms with Gasteiger partial charge in [-0.25, -0.2) is 14.6 Å². The van der Waals surface area contributed by atoms with Crippen molar-refractivity contribution in [1.29, 1.82) is 0 Å². The summed E-state index contributed by atoms with van der Waals surface area (Å²) in [5.41, 5.74) is -17.9. The van der Waals surface area contributed by atoms with E-state index >= 15 is 0 Å². The van der Waals surface area contributed by atoms with Crippen LogP contribution in [0.4, 0.5) is 79.0 Å². The van der Waals surface area contributed by atoms with Gasteiger partial charge in [-0.2, -0.15) is 79.0 Å². The van der Waals surface area contributed by atoms with Gasteiger partial charge < -0.3 is 20.1 Å². The maximum Gasteiger partial charge on any atom is 0.437 e. The highest BCUT2D eigenvalue weighted by atomic mass is 19.4. The predicted octanol–water partition coefficient (Wildman–Crippen LogP) is 14.4. The first-order valence-corrected chi connectivity index (χ1v) is 24.8. The van der Waals surface area contributed by atoms with Crippen LogP contribution < -0.4 is 0 Å². The minimum Gasteiger partial charge on any atom is -0.462 e. The molecule has 75 heavy (non-hydrogen) atoms. The molecule has 27 heteroatoms. The van der Waals surface area contributed by atoms with Gasteiger partial charge in [-0.15, -0.1) is 0 Å². The van der Waals surface area contributed by atoms with Crippen molar-refractivity contribution in [2.45, 2.75) is 218 Å². The fourth-order valence-corrected chi connectivity index (χ4v) is 13.5. The van der Waals surface area contributed by atoms with E-state index in [1.54, 1.807) is 20.8 Å². The lowest BCUT2D eigenvalue weighted by molar-refractivity contribution is -0.376. The maximum absolute atomic E-state index is 13.6. The Morgan fingerprint density at radius 2 is 1.04 bits per heavy atom. The standard InChI is InChI=1S/C23H34F6O5.C17H23F9O3.C8H15F3O/c1-5-19(4,12-33-17(30)21(31,22(24,25)26)23(27,28)29)16(34-32)18(2,3)20-9-13-6-14(10-20)8-15(7-13)11-20;1-3-13(2,15(18,19)20)12(29-28)11-6-8-4-9(10(11)5-8)7-14(27,16(21,22)23)17(24,25)26;1-4-6(2)5-7(3,12)8(9,10)11/h13-16,31-32H,5-12H2,1-4H3;8-12,27-28H,3-7H2,1-2H3;6,12H,4-5H2,1-3H3. The second kappa shape index (κ2) is 22.5. The van der Waals surface area contributed by atoms with Crippen LogP contribution in [0.5, 0.6) is 0 Å². The van der Waals surface area contributed by atoms with Gasteiger partial charge >= 0.3 is 48.6 Å². The summed E-state index contributed by atoms with van der Waals surface area (Å²) in [5, 5.41) is 47.0. The Balaban J connectivity index is 0.000000328. The third-order valence-corrected chi connectivity index (χ3v) is 18.3. The summed E-state index contributed by atoms with van der Waals surface area (Å²) >= 11 is 0. The summed E-state index contributed by atoms with van der Waals surface area (Å²) in [5.74, 6) is -5.08. The van der Waals surface area contributed by atoms with Crippen LogP contribution in [0.2, 0.25) is 0 Å². The summed E-state index contributed by atoms with van der Waals surface area (Å²) < 4.78 is 238. The third kappa shape index (κ3) is 13.1. The van der Waals surface area contributed by atoms with Crippen molar-refractivity contribution in [3.63, 3.8) is 0 Å². The first-order chi connectivity index (χ1) is 33.5. The maximum atomic E-state index is 13.6. The Hall–Kier alpha value is -2.07. The first-order valence-electron chi connectivity index (χ1n) is 24.8. The van der Waals surface area contributed by atoms with Crippen LogP contribution in [-0.2, 0) is 19.3 Å². The Bertz CT molecular complexity index is 1810. The van der Waals surface area contributed by atoms with Crippen molar-refractivity contribution in [2.24, 2.45) is 69.0 Å². The van der Waals surface area contributed by atoms with Crippen molar-refractivity contribution in [1.82, 2.24) is 0 Å². The Morgan fingerprint density at radius 1 is 0.587 bits per heavy atom. The number of rotatable bonds is 17. The lowest BCUT2D eigenvalue weighted by atomic mass is 9.41. The summed E-state index contributed by atoms with van der Waals surface area (Å²) in [6, 6.07) is 0. The number of halogens is 18. The van der Waals surface area contributed by atoms with Crippen molar-refractivity contribution < 1.29 is 124 Å². The number of aliphatic hydroxyl groups is 3. The smallest absolute Gasteiger partial charge is 0.437 e. The molecule has 444 valence electrons. The number of hydrogen-bond donors (Lipinski definition) is 5. The van der Waals surface area contributed by atoms with E-state index in [9.17, 15) is 105 Å². The van der Waals surface area contributed by atoms with Crippen LogP contribution in [0, 0.1) is 69.0 Å². The molecule has 0 amide bonds. The monoisotopic (exact) mass is 1130 g/mol. The van der Waals surface area contributed by atoms with Crippen LogP contribution in [0.3, 0.4) is 0 Å². The predicted molar refractivity (Wildman–Crippen MR) is 230 cm³/mol. The summed E-state index contributed by atoms with van der Waals surface area (Å²) in [7, 11) is 0. The Morgan fingerprint density at radius 3 is 1.36 bits per heavy atom. The molecule has 10 unspecified atom stereocenters. The second-order valence-corrected chi connectivity index (χ2v) is 23.7. The molecule has 6 aliphatic carbocycles. The molecule has 6 saturated carbocycles. The van der Waals surface area contributed by atoms with Crippen LogP contribution in [0.25, 0.3) is 0 Å². The molecule has 0 spiro atoms. The van der Waals surface area contributed by atoms with Crippen molar-refractivity contribution >= 4 is 5.97 Å². The van der Waals surface area contributed by atoms with Gasteiger partial charge in [0.2, 0.25) is 0 Å². The lowest BCUT2D eigenvalue weighted by Gasteiger charge is -2.64. The van der Waals surface area contributed by atoms with Crippen LogP contribution in [0.15, 0.2) is 0 Å². The highest BCUT2D eigenvalue weighted by molar-refractivity contribution is 5.81. The number of esters is 1. The zero-order valence-electron chi connectivity index (χ0n) is 43.1. The van der Waals surface area contributed by atoms with E-state index < -0.39 is 131 Å². The largest absolute Gasteiger partial charge is 0.462 e. The summed E-state index contributed by atoms with van der Waals surface area (Å²) in [6.07, 6.45) is -32.2. The lowest BCUT2D eigenvalue weighted by Crippen LogP contribution is -2.64. The van der Waals surface area contributed by atoms with Crippen molar-refractivity contribution in [2.75, 3.05) is 6.61 Å². The van der Waals surface area contributed by atoms with E-state index in [1.807, 2.05) is 13.8 Å². The average molecular weight is 1140 g/mol. The minimum atomic E-state index is -6.32. The minimum absolute atomic E-state index is 0.0668. The highest BCUT2D eigenvalue weighted by Gasteiger charge is 2.77. The molecular formula is C48H72F18O9. The van der Waals surface area contributed by atoms with Gasteiger partial charge in [0.05, 0.1) is 12.0 Å². The number of fused-ring (bicyclic) bond motifs is 2. The number of carbonyl (C=O) groups excluding carboxylic acids is 1. The molecular weight excluding hydrogens is 1060 g/mol. The fourth-order valence-electron chi connectivity index (χ4n) is 13.5. The van der Waals surface area contributed by atoms with E-state index in [1.165, 1.54) is 13.8 Å². The third-order valence-electron chi connectivity index (χ3n) is 18.3. The van der Waals surface area contributed by atoms with Crippen molar-refractivity contribution in [3.05, 3.63) is 0 Å². The molecule has 0 saturated heterocycles. The fraction of sp³-hybridized carbons (Fsp3) is 0.979. The molecule has 6 fully saturated rings. The van der Waals surface area contributed by atoms with Crippen LogP contribution >= 0.6 is 0 Å². The van der Waals surface area contributed by atoms with E-state index in [-0.39, 0.29) is 43.4 Å². The van der Waals surface area contributed by atoms with Crippen molar-refractivity contribution in [3.8, 4) is 0 Å². The molecule has 6 bridgehead atoms. The average Bonchev–Trinajstić information content (AvgIpc) is 3.83. The van der Waals surface area contributed by atoms with Gasteiger partial charge in [-0.3, -0.25) is 10.5 Å². The Kier molecular flexibility index (Phi) is 20.1. The van der Waals surface area contributed by atoms with E-state index in [4.69, 9.17) is 9.99 Å². The van der Waals surface area contributed by atoms with Gasteiger partial charge in [0, 0.05) is 10.8 Å². The van der Waals surface area contributed by atoms with Gasteiger partial charge in [0.15, 0.2) is 5.60 Å². The number of carbonyl (C=O) groups is 1. The number of alkyl halides is 18. The highest BCUT2D eigenvalue weighted by Crippen LogP contribution is 2.68. The normalized spacial score (nSPS) is 30.2. The summed E-state index contributed by atoms with van der Waals surface area (Å²) in [6.45, 7) is 12.3. The van der Waals surface area contributed by atoms with E-state index in [2.05, 4.69) is 9.62 Å². The molecule has 5 N–H and O–H groups in total. The second-order valence-electron chi connectivity index (χ2n) is 23.7. The van der Waals surface area contributed by atoms with Crippen LogP contribution in [-0.4, -0.2) is 104 Å². The molecule has 6 rings (SSSR count). The number of hydrogen-bond acceptors (Lipinski definition) is 9. The summed E-state index contributed by atoms with van der Waals surface area (Å²) in [4.78, 5) is 21.1. The quantitative estimate of drug-likeness (QED) is 0.0416. The zero-order chi connectivity index (χ0) is 58.6. The van der Waals surface area contributed by atoms with Gasteiger partial charge in [-0.1, -0.05) is 54.9 Å². The van der Waals surface area contributed by atoms with Gasteiger partial charge in [0.1, 0.15) is 12.2 Å². The molecule has 6 aliphatic rings. The molecule has 0 heterocycles. The molecule has 0 radical (unpaired) electrons. The van der Waals surface area contributed by atoms with Gasteiger partial charge in [0.25, 0.3) is 5.60 Å². The molecule has 0 aromatic rings. The van der Waals surface area contributed by atoms with E-state index in [0.717, 1.165) is 52.4 Å². The zero-order valence-corrected chi connectivity index (χ0v) is 43.1. The molecule has 0 aromatic carbocycles. The topological polar surface area (TPSA) is 146 Å². The van der Waals surface area contributed by atoms with Gasteiger partial charge in [-0.05, 0) is 150 Å². The van der Waals surface area contributed by atoms with E-state index in [0.29, 0.717) is 24.2 Å². The molecule has 0 aliphatic heterocycles. The molecule has 0 aromatic heterocycles. The number of ether oxygens (including phenoxy) is 1. The van der Waals surface area contributed by atoms with Crippen LogP contribution in [0.1, 0.15) is 152 Å². The molecule has 10 atom stereocenters. The Labute approximate surface area is 423 Å². The molecule has 9 nitrogen and oxygen atoms in total. The first kappa shape index (κ1) is 67.2. The SMILES string of the molecule is CCC(C)(C(OO)C1CC2CC(CC(O)(C(F)(F)F)C(F)(F)F)C1C2)C(F)(F)F.CCC(C)(COC(=O)C(O)(C(F)(F)F)C(F)(F)F)C(OO)C(C)(C)C12CC3CC(CC(C3)C1)C2.CCC(C)CC(C)(O)C(F)(F)F.